The van der Waals surface area contributed by atoms with Gasteiger partial charge in [-0.25, -0.2) is 0 Å². The standard InChI is InChI=1S/C55H94O6/c1-4-7-10-13-16-19-22-24-25-26-27-28-29-31-34-36-39-42-45-48-54(57)60-51-52(61-55(58)49-46-43-40-37-32-21-18-15-12-9-6-3)50-59-53(56)47-44-41-38-35-33-30-23-20-17-14-11-8-5-2/h7,10,16,19,24-25,27-28,31,34,39,42,52H,4-6,8-9,11-15,17-18,20-23,26,29-30,32-33,35-38,40-41,43-51H2,1-3H3/b10-7-,19-16-,25-24-,28-27-,34-31-,42-39-/t52-/m0/s1. The Labute approximate surface area is 376 Å². The highest BCUT2D eigenvalue weighted by molar-refractivity contribution is 5.71. The Kier molecular flexibility index (Phi) is 46.9. The number of unbranched alkanes of at least 4 members (excludes halogenated alkanes) is 22. The topological polar surface area (TPSA) is 78.9 Å². The number of rotatable bonds is 45. The van der Waals surface area contributed by atoms with Crippen molar-refractivity contribution in [2.24, 2.45) is 0 Å². The minimum Gasteiger partial charge on any atom is -0.462 e. The van der Waals surface area contributed by atoms with Crippen LogP contribution in [0.1, 0.15) is 239 Å². The SMILES string of the molecule is CC/C=C\C/C=C\C/C=C\C/C=C\C/C=C\C/C=C\CCC(=O)OC[C@H](COC(=O)CCCCCCCCCCCCCCC)OC(=O)CCCCCCCCCCCCC. The van der Waals surface area contributed by atoms with Gasteiger partial charge >= 0.3 is 17.9 Å². The molecule has 0 saturated carbocycles. The summed E-state index contributed by atoms with van der Waals surface area (Å²) in [5.41, 5.74) is 0. The lowest BCUT2D eigenvalue weighted by atomic mass is 10.0. The van der Waals surface area contributed by atoms with Crippen LogP contribution < -0.4 is 0 Å². The maximum Gasteiger partial charge on any atom is 0.306 e. The minimum atomic E-state index is -0.800. The van der Waals surface area contributed by atoms with Crippen LogP contribution in [-0.4, -0.2) is 37.2 Å². The minimum absolute atomic E-state index is 0.0955. The van der Waals surface area contributed by atoms with Crippen molar-refractivity contribution in [2.75, 3.05) is 13.2 Å². The molecule has 0 amide bonds. The van der Waals surface area contributed by atoms with E-state index in [1.807, 2.05) is 6.08 Å². The van der Waals surface area contributed by atoms with E-state index in [1.165, 1.54) is 116 Å². The van der Waals surface area contributed by atoms with Crippen molar-refractivity contribution in [2.45, 2.75) is 245 Å². The molecule has 0 aromatic rings. The fraction of sp³-hybridized carbons (Fsp3) is 0.727. The first kappa shape index (κ1) is 57.9. The summed E-state index contributed by atoms with van der Waals surface area (Å²) in [6.45, 7) is 6.45. The number of carbonyl (C=O) groups excluding carboxylic acids is 3. The van der Waals surface area contributed by atoms with E-state index >= 15 is 0 Å². The number of ether oxygens (including phenoxy) is 3. The highest BCUT2D eigenvalue weighted by Crippen LogP contribution is 2.15. The first-order valence-electron chi connectivity index (χ1n) is 25.4. The normalized spacial score (nSPS) is 12.6. The third-order valence-corrected chi connectivity index (χ3v) is 10.7. The van der Waals surface area contributed by atoms with Crippen molar-refractivity contribution in [1.82, 2.24) is 0 Å². The number of allylic oxidation sites excluding steroid dienone is 12. The smallest absolute Gasteiger partial charge is 0.306 e. The van der Waals surface area contributed by atoms with Gasteiger partial charge in [-0.1, -0.05) is 235 Å². The number of carbonyl (C=O) groups is 3. The van der Waals surface area contributed by atoms with Gasteiger partial charge in [0.25, 0.3) is 0 Å². The Morgan fingerprint density at radius 1 is 0.344 bits per heavy atom. The lowest BCUT2D eigenvalue weighted by molar-refractivity contribution is -0.166. The monoisotopic (exact) mass is 851 g/mol. The molecule has 0 aliphatic rings. The summed E-state index contributed by atoms with van der Waals surface area (Å²) in [6.07, 6.45) is 61.8. The van der Waals surface area contributed by atoms with Crippen molar-refractivity contribution in [3.05, 3.63) is 72.9 Å². The van der Waals surface area contributed by atoms with Crippen molar-refractivity contribution >= 4 is 17.9 Å². The van der Waals surface area contributed by atoms with E-state index in [2.05, 4.69) is 87.6 Å². The molecule has 6 nitrogen and oxygen atoms in total. The molecule has 0 spiro atoms. The van der Waals surface area contributed by atoms with Gasteiger partial charge in [-0.05, 0) is 57.8 Å². The van der Waals surface area contributed by atoms with E-state index in [9.17, 15) is 14.4 Å². The van der Waals surface area contributed by atoms with Gasteiger partial charge in [-0.3, -0.25) is 14.4 Å². The largest absolute Gasteiger partial charge is 0.462 e. The molecule has 0 heterocycles. The zero-order valence-corrected chi connectivity index (χ0v) is 39.9. The van der Waals surface area contributed by atoms with Gasteiger partial charge in [-0.15, -0.1) is 0 Å². The molecule has 61 heavy (non-hydrogen) atoms. The van der Waals surface area contributed by atoms with Crippen LogP contribution in [0.2, 0.25) is 0 Å². The van der Waals surface area contributed by atoms with Crippen molar-refractivity contribution in [3.63, 3.8) is 0 Å². The third kappa shape index (κ3) is 47.7. The number of hydrogen-bond acceptors (Lipinski definition) is 6. The second-order valence-corrected chi connectivity index (χ2v) is 16.7. The van der Waals surface area contributed by atoms with E-state index in [0.29, 0.717) is 19.3 Å². The second kappa shape index (κ2) is 49.5. The van der Waals surface area contributed by atoms with Gasteiger partial charge in [0.2, 0.25) is 0 Å². The molecule has 1 atom stereocenters. The van der Waals surface area contributed by atoms with E-state index in [4.69, 9.17) is 14.2 Å². The lowest BCUT2D eigenvalue weighted by Crippen LogP contribution is -2.30. The van der Waals surface area contributed by atoms with Crippen molar-refractivity contribution in [3.8, 4) is 0 Å². The summed E-state index contributed by atoms with van der Waals surface area (Å²) >= 11 is 0. The predicted molar refractivity (Wildman–Crippen MR) is 261 cm³/mol. The molecule has 0 bridgehead atoms. The molecule has 350 valence electrons. The highest BCUT2D eigenvalue weighted by Gasteiger charge is 2.19. The third-order valence-electron chi connectivity index (χ3n) is 10.7. The van der Waals surface area contributed by atoms with Crippen LogP contribution in [0.4, 0.5) is 0 Å². The van der Waals surface area contributed by atoms with Crippen molar-refractivity contribution < 1.29 is 28.6 Å². The highest BCUT2D eigenvalue weighted by atomic mass is 16.6. The molecule has 0 N–H and O–H groups in total. The van der Waals surface area contributed by atoms with Crippen LogP contribution in [0.5, 0.6) is 0 Å². The fourth-order valence-electron chi connectivity index (χ4n) is 6.94. The summed E-state index contributed by atoms with van der Waals surface area (Å²) in [5.74, 6) is -0.981. The van der Waals surface area contributed by atoms with Gasteiger partial charge in [0.1, 0.15) is 13.2 Å². The molecular formula is C55H94O6. The number of esters is 3. The van der Waals surface area contributed by atoms with Crippen molar-refractivity contribution in [1.29, 1.82) is 0 Å². The Morgan fingerprint density at radius 2 is 0.639 bits per heavy atom. The molecule has 0 rings (SSSR count). The van der Waals surface area contributed by atoms with E-state index in [0.717, 1.165) is 77.0 Å². The van der Waals surface area contributed by atoms with E-state index < -0.39 is 6.10 Å². The van der Waals surface area contributed by atoms with Gasteiger partial charge in [0.05, 0.1) is 0 Å². The van der Waals surface area contributed by atoms with Crippen LogP contribution >= 0.6 is 0 Å². The second-order valence-electron chi connectivity index (χ2n) is 16.7. The molecular weight excluding hydrogens is 757 g/mol. The molecule has 0 aromatic carbocycles. The average Bonchev–Trinajstić information content (AvgIpc) is 3.26. The van der Waals surface area contributed by atoms with Gasteiger partial charge in [0, 0.05) is 19.3 Å². The van der Waals surface area contributed by atoms with Crippen LogP contribution in [0, 0.1) is 0 Å². The fourth-order valence-corrected chi connectivity index (χ4v) is 6.94. The molecule has 0 aromatic heterocycles. The molecule has 0 saturated heterocycles. The quantitative estimate of drug-likeness (QED) is 0.0263. The summed E-state index contributed by atoms with van der Waals surface area (Å²) in [6, 6.07) is 0. The predicted octanol–water partition coefficient (Wildman–Crippen LogP) is 16.6. The maximum atomic E-state index is 12.7. The Balaban J connectivity index is 4.45. The Hall–Kier alpha value is -3.15. The van der Waals surface area contributed by atoms with Crippen LogP contribution in [-0.2, 0) is 28.6 Å². The molecule has 0 aliphatic heterocycles. The zero-order chi connectivity index (χ0) is 44.4. The molecule has 0 aliphatic carbocycles. The van der Waals surface area contributed by atoms with Gasteiger partial charge in [-0.2, -0.15) is 0 Å². The Bertz CT molecular complexity index is 1160. The van der Waals surface area contributed by atoms with Gasteiger partial charge < -0.3 is 14.2 Å². The van der Waals surface area contributed by atoms with Crippen LogP contribution in [0.3, 0.4) is 0 Å². The molecule has 0 fully saturated rings. The van der Waals surface area contributed by atoms with Crippen LogP contribution in [0.25, 0.3) is 0 Å². The zero-order valence-electron chi connectivity index (χ0n) is 39.9. The van der Waals surface area contributed by atoms with Crippen LogP contribution in [0.15, 0.2) is 72.9 Å². The summed E-state index contributed by atoms with van der Waals surface area (Å²) in [4.78, 5) is 37.9. The summed E-state index contributed by atoms with van der Waals surface area (Å²) in [5, 5.41) is 0. The number of hydrogen-bond donors (Lipinski definition) is 0. The lowest BCUT2D eigenvalue weighted by Gasteiger charge is -2.18. The maximum absolute atomic E-state index is 12.7. The first-order chi connectivity index (χ1) is 30.0. The average molecular weight is 851 g/mol. The Morgan fingerprint density at radius 3 is 1.00 bits per heavy atom. The summed E-state index contributed by atoms with van der Waals surface area (Å²) < 4.78 is 16.7. The molecule has 6 heteroatoms. The first-order valence-corrected chi connectivity index (χ1v) is 25.4. The molecule has 0 unspecified atom stereocenters. The summed E-state index contributed by atoms with van der Waals surface area (Å²) in [7, 11) is 0. The molecule has 0 radical (unpaired) electrons. The van der Waals surface area contributed by atoms with E-state index in [1.54, 1.807) is 0 Å². The van der Waals surface area contributed by atoms with Gasteiger partial charge in [0.15, 0.2) is 6.10 Å². The van der Waals surface area contributed by atoms with E-state index in [-0.39, 0.29) is 37.5 Å².